The van der Waals surface area contributed by atoms with Crippen molar-refractivity contribution in [3.05, 3.63) is 81.3 Å². The minimum atomic E-state index is -4.44. The zero-order chi connectivity index (χ0) is 26.5. The summed E-state index contributed by atoms with van der Waals surface area (Å²) in [5, 5.41) is 13.2. The summed E-state index contributed by atoms with van der Waals surface area (Å²) >= 11 is 17.9. The zero-order valence-corrected chi connectivity index (χ0v) is 21.4. The number of rotatable bonds is 8. The molecule has 0 aromatic heterocycles. The van der Waals surface area contributed by atoms with Crippen molar-refractivity contribution in [3.8, 4) is 23.3 Å². The fraction of sp³-hybridized carbons (Fsp3) is 0.167. The zero-order valence-electron chi connectivity index (χ0n) is 18.3. The second kappa shape index (κ2) is 11.5. The SMILES string of the molecule is C[C@](C#N)(COc1ccc(Cl)cc1Oc1ccc(Cl)cc1Cl)NC(=O)c1ccc(SC(F)(F)F)cc1. The van der Waals surface area contributed by atoms with Gasteiger partial charge in [0, 0.05) is 26.6 Å². The van der Waals surface area contributed by atoms with Crippen LogP contribution >= 0.6 is 46.6 Å². The summed E-state index contributed by atoms with van der Waals surface area (Å²) in [5.41, 5.74) is -5.86. The summed E-state index contributed by atoms with van der Waals surface area (Å²) in [7, 11) is 0. The van der Waals surface area contributed by atoms with Gasteiger partial charge in [-0.25, -0.2) is 0 Å². The average molecular weight is 576 g/mol. The first-order valence-electron chi connectivity index (χ1n) is 10.0. The number of hydrogen-bond donors (Lipinski definition) is 1. The van der Waals surface area contributed by atoms with Gasteiger partial charge in [0.1, 0.15) is 12.4 Å². The lowest BCUT2D eigenvalue weighted by molar-refractivity contribution is -0.0328. The molecule has 5 nitrogen and oxygen atoms in total. The molecule has 1 N–H and O–H groups in total. The van der Waals surface area contributed by atoms with E-state index in [0.717, 1.165) is 0 Å². The maximum Gasteiger partial charge on any atom is 0.446 e. The standard InChI is InChI=1S/C24H16Cl3F3N2O3S/c1-23(12-31,32-22(33)14-2-6-17(7-3-14)36-24(28,29)30)13-34-20-9-5-16(26)11-21(20)35-19-8-4-15(25)10-18(19)27/h2-11H,13H2,1H3,(H,32,33)/t23-/m0/s1. The predicted octanol–water partition coefficient (Wildman–Crippen LogP) is 8.14. The van der Waals surface area contributed by atoms with Crippen LogP contribution in [0.25, 0.3) is 0 Å². The van der Waals surface area contributed by atoms with Crippen molar-refractivity contribution >= 4 is 52.5 Å². The number of halogens is 6. The Morgan fingerprint density at radius 2 is 1.58 bits per heavy atom. The van der Waals surface area contributed by atoms with Crippen LogP contribution in [0.1, 0.15) is 17.3 Å². The molecule has 1 atom stereocenters. The largest absolute Gasteiger partial charge is 0.486 e. The molecule has 0 aliphatic rings. The van der Waals surface area contributed by atoms with Gasteiger partial charge in [0.2, 0.25) is 0 Å². The third kappa shape index (κ3) is 7.87. The Labute approximate surface area is 224 Å². The first-order chi connectivity index (χ1) is 16.9. The lowest BCUT2D eigenvalue weighted by Gasteiger charge is -2.24. The molecule has 0 radical (unpaired) electrons. The van der Waals surface area contributed by atoms with E-state index >= 15 is 0 Å². The van der Waals surface area contributed by atoms with E-state index in [9.17, 15) is 23.2 Å². The summed E-state index contributed by atoms with van der Waals surface area (Å²) in [6.45, 7) is 1.15. The minimum Gasteiger partial charge on any atom is -0.486 e. The lowest BCUT2D eigenvalue weighted by Crippen LogP contribution is -2.49. The second-order valence-electron chi connectivity index (χ2n) is 7.53. The molecule has 188 valence electrons. The summed E-state index contributed by atoms with van der Waals surface area (Å²) in [4.78, 5) is 12.6. The number of nitriles is 1. The van der Waals surface area contributed by atoms with Crippen molar-refractivity contribution in [3.63, 3.8) is 0 Å². The number of nitrogens with one attached hydrogen (secondary N) is 1. The van der Waals surface area contributed by atoms with Crippen molar-refractivity contribution in [1.82, 2.24) is 5.32 Å². The topological polar surface area (TPSA) is 71.3 Å². The van der Waals surface area contributed by atoms with Crippen molar-refractivity contribution in [2.24, 2.45) is 0 Å². The molecule has 0 saturated heterocycles. The van der Waals surface area contributed by atoms with E-state index in [0.29, 0.717) is 10.0 Å². The van der Waals surface area contributed by atoms with Gasteiger partial charge >= 0.3 is 5.51 Å². The first-order valence-corrected chi connectivity index (χ1v) is 12.0. The summed E-state index contributed by atoms with van der Waals surface area (Å²) < 4.78 is 49.1. The molecule has 36 heavy (non-hydrogen) atoms. The molecule has 0 heterocycles. The van der Waals surface area contributed by atoms with E-state index in [1.54, 1.807) is 18.2 Å². The minimum absolute atomic E-state index is 0.0681. The van der Waals surface area contributed by atoms with Gasteiger partial charge in [-0.2, -0.15) is 18.4 Å². The number of carbonyl (C=O) groups is 1. The van der Waals surface area contributed by atoms with Gasteiger partial charge in [0.05, 0.1) is 11.1 Å². The molecular formula is C24H16Cl3F3N2O3S. The van der Waals surface area contributed by atoms with Gasteiger partial charge in [-0.3, -0.25) is 4.79 Å². The van der Waals surface area contributed by atoms with E-state index < -0.39 is 17.0 Å². The summed E-state index contributed by atoms with van der Waals surface area (Å²) in [5.74, 6) is 0.0501. The Morgan fingerprint density at radius 3 is 2.17 bits per heavy atom. The highest BCUT2D eigenvalue weighted by molar-refractivity contribution is 8.00. The van der Waals surface area contributed by atoms with Crippen molar-refractivity contribution < 1.29 is 27.4 Å². The van der Waals surface area contributed by atoms with E-state index in [2.05, 4.69) is 5.32 Å². The Hall–Kier alpha value is -2.77. The molecule has 12 heteroatoms. The second-order valence-corrected chi connectivity index (χ2v) is 9.95. The highest BCUT2D eigenvalue weighted by atomic mass is 35.5. The van der Waals surface area contributed by atoms with Gasteiger partial charge in [-0.05, 0) is 73.3 Å². The van der Waals surface area contributed by atoms with Crippen LogP contribution < -0.4 is 14.8 Å². The van der Waals surface area contributed by atoms with Gasteiger partial charge in [-0.1, -0.05) is 34.8 Å². The van der Waals surface area contributed by atoms with Gasteiger partial charge < -0.3 is 14.8 Å². The molecule has 0 spiro atoms. The molecule has 3 rings (SSSR count). The number of ether oxygens (including phenoxy) is 2. The Kier molecular flexibility index (Phi) is 8.90. The highest BCUT2D eigenvalue weighted by Crippen LogP contribution is 2.38. The summed E-state index contributed by atoms with van der Waals surface area (Å²) in [6.07, 6.45) is 0. The molecule has 0 aliphatic heterocycles. The predicted molar refractivity (Wildman–Crippen MR) is 133 cm³/mol. The quantitative estimate of drug-likeness (QED) is 0.275. The third-order valence-corrected chi connectivity index (χ3v) is 6.03. The van der Waals surface area contributed by atoms with Crippen LogP contribution in [-0.4, -0.2) is 23.6 Å². The van der Waals surface area contributed by atoms with Gasteiger partial charge in [0.25, 0.3) is 5.91 Å². The highest BCUT2D eigenvalue weighted by Gasteiger charge is 2.30. The van der Waals surface area contributed by atoms with Crippen LogP contribution in [0.5, 0.6) is 17.2 Å². The normalized spacial score (nSPS) is 12.8. The van der Waals surface area contributed by atoms with Crippen molar-refractivity contribution in [1.29, 1.82) is 5.26 Å². The van der Waals surface area contributed by atoms with Gasteiger partial charge in [-0.15, -0.1) is 0 Å². The lowest BCUT2D eigenvalue weighted by atomic mass is 10.1. The number of carbonyl (C=O) groups excluding carboxylic acids is 1. The van der Waals surface area contributed by atoms with Crippen molar-refractivity contribution in [2.75, 3.05) is 6.61 Å². The third-order valence-electron chi connectivity index (χ3n) is 4.52. The van der Waals surface area contributed by atoms with E-state index in [4.69, 9.17) is 44.3 Å². The number of amides is 1. The number of benzene rings is 3. The molecule has 0 bridgehead atoms. The molecule has 0 saturated carbocycles. The monoisotopic (exact) mass is 574 g/mol. The van der Waals surface area contributed by atoms with Crippen LogP contribution in [0.2, 0.25) is 15.1 Å². The maximum absolute atomic E-state index is 12.6. The molecule has 3 aromatic carbocycles. The maximum atomic E-state index is 12.6. The fourth-order valence-electron chi connectivity index (χ4n) is 2.81. The van der Waals surface area contributed by atoms with E-state index in [1.165, 1.54) is 49.4 Å². The van der Waals surface area contributed by atoms with Crippen LogP contribution in [-0.2, 0) is 0 Å². The number of alkyl halides is 3. The fourth-order valence-corrected chi connectivity index (χ4v) is 3.96. The first kappa shape index (κ1) is 27.8. The van der Waals surface area contributed by atoms with Crippen molar-refractivity contribution in [2.45, 2.75) is 22.9 Å². The van der Waals surface area contributed by atoms with E-state index in [1.807, 2.05) is 6.07 Å². The Morgan fingerprint density at radius 1 is 0.972 bits per heavy atom. The molecule has 1 amide bonds. The molecule has 0 aliphatic carbocycles. The van der Waals surface area contributed by atoms with Crippen LogP contribution in [0.15, 0.2) is 65.6 Å². The van der Waals surface area contributed by atoms with Gasteiger partial charge in [0.15, 0.2) is 17.0 Å². The summed E-state index contributed by atoms with van der Waals surface area (Å²) in [6, 6.07) is 16.0. The Bertz CT molecular complexity index is 1300. The number of hydrogen-bond acceptors (Lipinski definition) is 5. The number of thioether (sulfide) groups is 1. The molecular weight excluding hydrogens is 560 g/mol. The average Bonchev–Trinajstić information content (AvgIpc) is 2.80. The van der Waals surface area contributed by atoms with Crippen LogP contribution in [0.3, 0.4) is 0 Å². The smallest absolute Gasteiger partial charge is 0.446 e. The number of nitrogens with zero attached hydrogens (tertiary/aromatic N) is 1. The molecule has 3 aromatic rings. The molecule has 0 unspecified atom stereocenters. The Balaban J connectivity index is 1.72. The van der Waals surface area contributed by atoms with Crippen LogP contribution in [0.4, 0.5) is 13.2 Å². The van der Waals surface area contributed by atoms with Crippen LogP contribution in [0, 0.1) is 11.3 Å². The molecule has 0 fully saturated rings. The van der Waals surface area contributed by atoms with E-state index in [-0.39, 0.29) is 51.1 Å².